The molecule has 0 spiro atoms. The van der Waals surface area contributed by atoms with Gasteiger partial charge >= 0.3 is 5.97 Å². The zero-order valence-electron chi connectivity index (χ0n) is 18.4. The topological polar surface area (TPSA) is 46.5 Å². The van der Waals surface area contributed by atoms with Crippen LogP contribution >= 0.6 is 11.6 Å². The average molecular weight is 449 g/mol. The first-order valence-electron chi connectivity index (χ1n) is 11.3. The van der Waals surface area contributed by atoms with Gasteiger partial charge in [0.25, 0.3) is 0 Å². The van der Waals surface area contributed by atoms with E-state index >= 15 is 0 Å². The fraction of sp³-hybridized carbons (Fsp3) is 0.321. The number of rotatable bonds is 8. The van der Waals surface area contributed by atoms with Crippen LogP contribution in [0.15, 0.2) is 66.7 Å². The third kappa shape index (κ3) is 5.59. The summed E-state index contributed by atoms with van der Waals surface area (Å²) >= 11 is 6.04. The Morgan fingerprint density at radius 3 is 2.62 bits per heavy atom. The summed E-state index contributed by atoms with van der Waals surface area (Å²) in [4.78, 5) is 11.0. The average Bonchev–Trinajstić information content (AvgIpc) is 3.24. The van der Waals surface area contributed by atoms with Crippen molar-refractivity contribution in [1.82, 2.24) is 0 Å². The van der Waals surface area contributed by atoms with Gasteiger partial charge in [-0.2, -0.15) is 0 Å². The fourth-order valence-corrected chi connectivity index (χ4v) is 4.80. The van der Waals surface area contributed by atoms with E-state index in [0.29, 0.717) is 5.92 Å². The number of carbonyl (C=O) groups is 1. The molecule has 166 valence electrons. The molecule has 1 aliphatic rings. The first-order valence-corrected chi connectivity index (χ1v) is 11.6. The third-order valence-corrected chi connectivity index (χ3v) is 6.65. The summed E-state index contributed by atoms with van der Waals surface area (Å²) < 4.78 is 6.16. The lowest BCUT2D eigenvalue weighted by Gasteiger charge is -2.20. The van der Waals surface area contributed by atoms with Crippen LogP contribution in [0.25, 0.3) is 11.1 Å². The summed E-state index contributed by atoms with van der Waals surface area (Å²) in [5.41, 5.74) is 6.82. The Labute approximate surface area is 195 Å². The maximum atomic E-state index is 11.0. The van der Waals surface area contributed by atoms with Crippen LogP contribution in [-0.4, -0.2) is 17.7 Å². The lowest BCUT2D eigenvalue weighted by atomic mass is 9.88. The van der Waals surface area contributed by atoms with Crippen LogP contribution in [0.2, 0.25) is 5.02 Å². The van der Waals surface area contributed by atoms with E-state index in [9.17, 15) is 4.79 Å². The normalized spacial score (nSPS) is 18.1. The molecule has 1 aliphatic heterocycles. The molecule has 4 heteroatoms. The summed E-state index contributed by atoms with van der Waals surface area (Å²) in [5.74, 6) is -0.267. The van der Waals surface area contributed by atoms with Crippen molar-refractivity contribution < 1.29 is 14.6 Å². The molecule has 4 rings (SSSR count). The second-order valence-corrected chi connectivity index (χ2v) is 9.13. The van der Waals surface area contributed by atoms with Crippen molar-refractivity contribution >= 4 is 17.6 Å². The first kappa shape index (κ1) is 22.6. The number of ether oxygens (including phenoxy) is 1. The highest BCUT2D eigenvalue weighted by molar-refractivity contribution is 6.30. The number of hydrogen-bond donors (Lipinski definition) is 1. The maximum absolute atomic E-state index is 11.0. The first-order chi connectivity index (χ1) is 15.5. The van der Waals surface area contributed by atoms with E-state index in [0.717, 1.165) is 54.0 Å². The monoisotopic (exact) mass is 448 g/mol. The van der Waals surface area contributed by atoms with Crippen LogP contribution in [0.1, 0.15) is 47.6 Å². The van der Waals surface area contributed by atoms with Crippen LogP contribution in [0.4, 0.5) is 0 Å². The number of benzene rings is 3. The standard InChI is InChI=1S/C28H29ClO3/c1-19-16-20(8-9-23(19)18-27(30)31)4-2-5-22-14-15-32-28(22)25-7-3-6-24(17-25)21-10-12-26(29)13-11-21/h3,6-13,16-17,22,28H,2,4-5,14-15,18H2,1H3,(H,30,31). The van der Waals surface area contributed by atoms with Crippen molar-refractivity contribution in [2.24, 2.45) is 5.92 Å². The van der Waals surface area contributed by atoms with Gasteiger partial charge in [-0.3, -0.25) is 4.79 Å². The second kappa shape index (κ2) is 10.3. The lowest BCUT2D eigenvalue weighted by Crippen LogP contribution is -2.08. The number of halogens is 1. The number of carboxylic acids is 1. The van der Waals surface area contributed by atoms with E-state index in [-0.39, 0.29) is 12.5 Å². The quantitative estimate of drug-likeness (QED) is 0.401. The number of carboxylic acid groups (broad SMARTS) is 1. The van der Waals surface area contributed by atoms with Gasteiger partial charge in [0.05, 0.1) is 12.5 Å². The van der Waals surface area contributed by atoms with E-state index in [1.165, 1.54) is 16.7 Å². The largest absolute Gasteiger partial charge is 0.481 e. The Morgan fingerprint density at radius 1 is 1.06 bits per heavy atom. The third-order valence-electron chi connectivity index (χ3n) is 6.40. The van der Waals surface area contributed by atoms with Gasteiger partial charge in [-0.25, -0.2) is 0 Å². The van der Waals surface area contributed by atoms with Crippen molar-refractivity contribution in [1.29, 1.82) is 0 Å². The molecule has 0 aromatic heterocycles. The molecule has 3 nitrogen and oxygen atoms in total. The Morgan fingerprint density at radius 2 is 1.88 bits per heavy atom. The van der Waals surface area contributed by atoms with Crippen molar-refractivity contribution in [2.45, 2.75) is 45.1 Å². The van der Waals surface area contributed by atoms with Crippen molar-refractivity contribution in [2.75, 3.05) is 6.61 Å². The van der Waals surface area contributed by atoms with Gasteiger partial charge in [0.2, 0.25) is 0 Å². The van der Waals surface area contributed by atoms with Gasteiger partial charge in [0.1, 0.15) is 0 Å². The van der Waals surface area contributed by atoms with Crippen LogP contribution < -0.4 is 0 Å². The van der Waals surface area contributed by atoms with Crippen LogP contribution in [0.3, 0.4) is 0 Å². The smallest absolute Gasteiger partial charge is 0.307 e. The highest BCUT2D eigenvalue weighted by Gasteiger charge is 2.29. The van der Waals surface area contributed by atoms with E-state index < -0.39 is 5.97 Å². The molecule has 3 aromatic rings. The molecule has 1 N–H and O–H groups in total. The molecule has 0 aliphatic carbocycles. The van der Waals surface area contributed by atoms with Gasteiger partial charge in [0.15, 0.2) is 0 Å². The van der Waals surface area contributed by atoms with Gasteiger partial charge < -0.3 is 9.84 Å². The molecule has 0 amide bonds. The Hall–Kier alpha value is -2.62. The minimum absolute atomic E-state index is 0.0856. The zero-order valence-corrected chi connectivity index (χ0v) is 19.1. The molecular formula is C28H29ClO3. The van der Waals surface area contributed by atoms with E-state index in [2.05, 4.69) is 48.5 Å². The van der Waals surface area contributed by atoms with Crippen molar-refractivity contribution in [3.8, 4) is 11.1 Å². The Kier molecular flexibility index (Phi) is 7.29. The molecule has 0 bridgehead atoms. The van der Waals surface area contributed by atoms with Crippen molar-refractivity contribution in [3.05, 3.63) is 94.0 Å². The molecule has 3 aromatic carbocycles. The summed E-state index contributed by atoms with van der Waals surface area (Å²) in [6, 6.07) is 22.8. The summed E-state index contributed by atoms with van der Waals surface area (Å²) in [6.45, 7) is 2.81. The highest BCUT2D eigenvalue weighted by Crippen LogP contribution is 2.39. The second-order valence-electron chi connectivity index (χ2n) is 8.70. The summed E-state index contributed by atoms with van der Waals surface area (Å²) in [7, 11) is 0. The van der Waals surface area contributed by atoms with Crippen LogP contribution in [0, 0.1) is 12.8 Å². The minimum Gasteiger partial charge on any atom is -0.481 e. The highest BCUT2D eigenvalue weighted by atomic mass is 35.5. The van der Waals surface area contributed by atoms with Crippen LogP contribution in [-0.2, 0) is 22.4 Å². The predicted molar refractivity (Wildman–Crippen MR) is 129 cm³/mol. The van der Waals surface area contributed by atoms with Gasteiger partial charge in [-0.1, -0.05) is 60.1 Å². The van der Waals surface area contributed by atoms with Gasteiger partial charge in [-0.05, 0) is 90.1 Å². The molecule has 2 unspecified atom stereocenters. The SMILES string of the molecule is Cc1cc(CCCC2CCOC2c2cccc(-c3ccc(Cl)cc3)c2)ccc1CC(=O)O. The van der Waals surface area contributed by atoms with Crippen LogP contribution in [0.5, 0.6) is 0 Å². The molecule has 2 atom stereocenters. The predicted octanol–water partition coefficient (Wildman–Crippen LogP) is 7.04. The number of aryl methyl sites for hydroxylation is 2. The van der Waals surface area contributed by atoms with E-state index in [1.54, 1.807) is 0 Å². The minimum atomic E-state index is -0.784. The number of hydrogen-bond acceptors (Lipinski definition) is 2. The summed E-state index contributed by atoms with van der Waals surface area (Å²) in [5, 5.41) is 9.76. The molecule has 1 saturated heterocycles. The molecule has 0 saturated carbocycles. The van der Waals surface area contributed by atoms with Gasteiger partial charge in [-0.15, -0.1) is 0 Å². The fourth-order valence-electron chi connectivity index (χ4n) is 4.68. The number of aliphatic carboxylic acids is 1. The molecule has 1 heterocycles. The molecular weight excluding hydrogens is 420 g/mol. The molecule has 1 fully saturated rings. The lowest BCUT2D eigenvalue weighted by molar-refractivity contribution is -0.136. The van der Waals surface area contributed by atoms with E-state index in [1.807, 2.05) is 25.1 Å². The molecule has 32 heavy (non-hydrogen) atoms. The Bertz CT molecular complexity index is 1070. The maximum Gasteiger partial charge on any atom is 0.307 e. The zero-order chi connectivity index (χ0) is 22.5. The van der Waals surface area contributed by atoms with Gasteiger partial charge in [0, 0.05) is 11.6 Å². The molecule has 0 radical (unpaired) electrons. The Balaban J connectivity index is 1.38. The van der Waals surface area contributed by atoms with E-state index in [4.69, 9.17) is 21.4 Å². The summed E-state index contributed by atoms with van der Waals surface area (Å²) in [6.07, 6.45) is 4.53. The van der Waals surface area contributed by atoms with Crippen molar-refractivity contribution in [3.63, 3.8) is 0 Å².